The number of phenolic OH excluding ortho intramolecular Hbond substituents is 1. The zero-order valence-corrected chi connectivity index (χ0v) is 10.9. The van der Waals surface area contributed by atoms with E-state index >= 15 is 0 Å². The van der Waals surface area contributed by atoms with E-state index in [0.717, 1.165) is 12.0 Å². The summed E-state index contributed by atoms with van der Waals surface area (Å²) in [7, 11) is 0. The molecule has 0 aliphatic carbocycles. The molecule has 1 saturated heterocycles. The van der Waals surface area contributed by atoms with Gasteiger partial charge in [0.25, 0.3) is 0 Å². The summed E-state index contributed by atoms with van der Waals surface area (Å²) in [5.41, 5.74) is 1.64. The lowest BCUT2D eigenvalue weighted by atomic mass is 9.88. The van der Waals surface area contributed by atoms with Crippen LogP contribution in [0.5, 0.6) is 5.75 Å². The van der Waals surface area contributed by atoms with Gasteiger partial charge in [-0.3, -0.25) is 4.79 Å². The van der Waals surface area contributed by atoms with Crippen molar-refractivity contribution in [2.24, 2.45) is 11.8 Å². The van der Waals surface area contributed by atoms with Crippen molar-refractivity contribution in [2.75, 3.05) is 11.4 Å². The molecule has 0 bridgehead atoms. The van der Waals surface area contributed by atoms with E-state index in [1.54, 1.807) is 23.1 Å². The molecule has 18 heavy (non-hydrogen) atoms. The Morgan fingerprint density at radius 3 is 2.67 bits per heavy atom. The molecule has 0 aromatic heterocycles. The predicted octanol–water partition coefficient (Wildman–Crippen LogP) is 2.96. The Morgan fingerprint density at radius 1 is 1.50 bits per heavy atom. The summed E-state index contributed by atoms with van der Waals surface area (Å²) < 4.78 is 0. The standard InChI is InChI=1S/C15H19NO2/c1-4-11-12(10(2)3)9-16(15(11)18)13-7-5-6-8-14(13)17/h5-8,11-12,17H,2,4,9H2,1,3H3. The first-order valence-electron chi connectivity index (χ1n) is 6.31. The minimum Gasteiger partial charge on any atom is -0.506 e. The summed E-state index contributed by atoms with van der Waals surface area (Å²) in [6, 6.07) is 6.97. The number of aromatic hydroxyl groups is 1. The van der Waals surface area contributed by atoms with Crippen molar-refractivity contribution < 1.29 is 9.90 Å². The predicted molar refractivity (Wildman–Crippen MR) is 72.5 cm³/mol. The molecular formula is C15H19NO2. The van der Waals surface area contributed by atoms with Crippen LogP contribution in [0.3, 0.4) is 0 Å². The van der Waals surface area contributed by atoms with E-state index in [9.17, 15) is 9.90 Å². The molecule has 0 saturated carbocycles. The Hall–Kier alpha value is -1.77. The van der Waals surface area contributed by atoms with Crippen LogP contribution in [0.2, 0.25) is 0 Å². The molecule has 0 radical (unpaired) electrons. The lowest BCUT2D eigenvalue weighted by Gasteiger charge is -2.17. The van der Waals surface area contributed by atoms with E-state index in [-0.39, 0.29) is 23.5 Å². The van der Waals surface area contributed by atoms with Crippen molar-refractivity contribution >= 4 is 11.6 Å². The number of hydrogen-bond acceptors (Lipinski definition) is 2. The lowest BCUT2D eigenvalue weighted by Crippen LogP contribution is -2.26. The maximum atomic E-state index is 12.4. The molecule has 1 amide bonds. The average Bonchev–Trinajstić information content (AvgIpc) is 2.67. The van der Waals surface area contributed by atoms with Gasteiger partial charge in [-0.25, -0.2) is 0 Å². The lowest BCUT2D eigenvalue weighted by molar-refractivity contribution is -0.120. The SMILES string of the molecule is C=C(C)C1CN(c2ccccc2O)C(=O)C1CC. The highest BCUT2D eigenvalue weighted by atomic mass is 16.3. The number of carbonyl (C=O) groups excluding carboxylic acids is 1. The minimum absolute atomic E-state index is 0.0119. The molecule has 3 heteroatoms. The first-order chi connectivity index (χ1) is 8.56. The van der Waals surface area contributed by atoms with Crippen LogP contribution in [-0.2, 0) is 4.79 Å². The van der Waals surface area contributed by atoms with E-state index in [1.807, 2.05) is 19.9 Å². The highest BCUT2D eigenvalue weighted by molar-refractivity contribution is 5.99. The summed E-state index contributed by atoms with van der Waals surface area (Å²) in [6.07, 6.45) is 0.806. The highest BCUT2D eigenvalue weighted by Crippen LogP contribution is 2.38. The van der Waals surface area contributed by atoms with Crippen molar-refractivity contribution in [1.29, 1.82) is 0 Å². The van der Waals surface area contributed by atoms with Crippen LogP contribution in [0.15, 0.2) is 36.4 Å². The second kappa shape index (κ2) is 4.84. The molecular weight excluding hydrogens is 226 g/mol. The third-order valence-corrected chi connectivity index (χ3v) is 3.69. The Kier molecular flexibility index (Phi) is 3.41. The van der Waals surface area contributed by atoms with Crippen LogP contribution in [0.4, 0.5) is 5.69 Å². The molecule has 1 fully saturated rings. The molecule has 1 aliphatic heterocycles. The van der Waals surface area contributed by atoms with Crippen molar-refractivity contribution in [2.45, 2.75) is 20.3 Å². The Bertz CT molecular complexity index is 481. The number of para-hydroxylation sites is 2. The maximum absolute atomic E-state index is 12.4. The van der Waals surface area contributed by atoms with Gasteiger partial charge in [-0.1, -0.05) is 31.2 Å². The molecule has 2 rings (SSSR count). The summed E-state index contributed by atoms with van der Waals surface area (Å²) in [6.45, 7) is 8.58. The normalized spacial score (nSPS) is 23.4. The van der Waals surface area contributed by atoms with Crippen LogP contribution in [-0.4, -0.2) is 17.6 Å². The van der Waals surface area contributed by atoms with Gasteiger partial charge < -0.3 is 10.0 Å². The molecule has 1 N–H and O–H groups in total. The van der Waals surface area contributed by atoms with Gasteiger partial charge in [0.15, 0.2) is 0 Å². The van der Waals surface area contributed by atoms with Crippen LogP contribution >= 0.6 is 0 Å². The molecule has 1 aliphatic rings. The number of nitrogens with zero attached hydrogens (tertiary/aromatic N) is 1. The number of hydrogen-bond donors (Lipinski definition) is 1. The van der Waals surface area contributed by atoms with E-state index in [4.69, 9.17) is 0 Å². The molecule has 1 aromatic carbocycles. The summed E-state index contributed by atoms with van der Waals surface area (Å²) in [4.78, 5) is 14.1. The van der Waals surface area contributed by atoms with Crippen molar-refractivity contribution in [1.82, 2.24) is 0 Å². The van der Waals surface area contributed by atoms with E-state index in [0.29, 0.717) is 12.2 Å². The molecule has 96 valence electrons. The molecule has 1 heterocycles. The number of anilines is 1. The van der Waals surface area contributed by atoms with Crippen molar-refractivity contribution in [3.8, 4) is 5.75 Å². The Labute approximate surface area is 108 Å². The van der Waals surface area contributed by atoms with Gasteiger partial charge in [-0.2, -0.15) is 0 Å². The van der Waals surface area contributed by atoms with Gasteiger partial charge in [0.2, 0.25) is 5.91 Å². The molecule has 0 spiro atoms. The smallest absolute Gasteiger partial charge is 0.230 e. The van der Waals surface area contributed by atoms with Crippen LogP contribution < -0.4 is 4.90 Å². The minimum atomic E-state index is -0.0119. The van der Waals surface area contributed by atoms with Gasteiger partial charge in [0.05, 0.1) is 5.69 Å². The van der Waals surface area contributed by atoms with E-state index in [2.05, 4.69) is 6.58 Å². The fourth-order valence-corrected chi connectivity index (χ4v) is 2.65. The summed E-state index contributed by atoms with van der Waals surface area (Å²) >= 11 is 0. The topological polar surface area (TPSA) is 40.5 Å². The van der Waals surface area contributed by atoms with Crippen molar-refractivity contribution in [3.63, 3.8) is 0 Å². The quantitative estimate of drug-likeness (QED) is 0.832. The average molecular weight is 245 g/mol. The van der Waals surface area contributed by atoms with E-state index < -0.39 is 0 Å². The third kappa shape index (κ3) is 2.01. The highest BCUT2D eigenvalue weighted by Gasteiger charge is 2.40. The number of amides is 1. The van der Waals surface area contributed by atoms with Gasteiger partial charge in [-0.05, 0) is 25.5 Å². The van der Waals surface area contributed by atoms with Crippen LogP contribution in [0.1, 0.15) is 20.3 Å². The monoisotopic (exact) mass is 245 g/mol. The molecule has 3 nitrogen and oxygen atoms in total. The Balaban J connectivity index is 2.34. The van der Waals surface area contributed by atoms with Gasteiger partial charge in [-0.15, -0.1) is 0 Å². The number of benzene rings is 1. The zero-order chi connectivity index (χ0) is 13.3. The maximum Gasteiger partial charge on any atom is 0.230 e. The first kappa shape index (κ1) is 12.7. The van der Waals surface area contributed by atoms with Crippen molar-refractivity contribution in [3.05, 3.63) is 36.4 Å². The fourth-order valence-electron chi connectivity index (χ4n) is 2.65. The molecule has 1 aromatic rings. The summed E-state index contributed by atoms with van der Waals surface area (Å²) in [5, 5.41) is 9.86. The van der Waals surface area contributed by atoms with Gasteiger partial charge in [0.1, 0.15) is 5.75 Å². The van der Waals surface area contributed by atoms with Crippen LogP contribution in [0.25, 0.3) is 0 Å². The fraction of sp³-hybridized carbons (Fsp3) is 0.400. The third-order valence-electron chi connectivity index (χ3n) is 3.69. The Morgan fingerprint density at radius 2 is 2.17 bits per heavy atom. The number of phenols is 1. The number of rotatable bonds is 3. The molecule has 2 unspecified atom stereocenters. The number of carbonyl (C=O) groups is 1. The first-order valence-corrected chi connectivity index (χ1v) is 6.31. The van der Waals surface area contributed by atoms with Gasteiger partial charge >= 0.3 is 0 Å². The molecule has 2 atom stereocenters. The summed E-state index contributed by atoms with van der Waals surface area (Å²) in [5.74, 6) is 0.416. The van der Waals surface area contributed by atoms with E-state index in [1.165, 1.54) is 0 Å². The van der Waals surface area contributed by atoms with Gasteiger partial charge in [0, 0.05) is 18.4 Å². The second-order valence-electron chi connectivity index (χ2n) is 4.91. The zero-order valence-electron chi connectivity index (χ0n) is 10.9. The van der Waals surface area contributed by atoms with Crippen LogP contribution in [0, 0.1) is 11.8 Å². The largest absolute Gasteiger partial charge is 0.506 e. The second-order valence-corrected chi connectivity index (χ2v) is 4.91.